The first-order chi connectivity index (χ1) is 12.1. The van der Waals surface area contributed by atoms with E-state index in [2.05, 4.69) is 5.32 Å². The summed E-state index contributed by atoms with van der Waals surface area (Å²) in [5.74, 6) is 0. The van der Waals surface area contributed by atoms with Gasteiger partial charge in [-0.2, -0.15) is 0 Å². The summed E-state index contributed by atoms with van der Waals surface area (Å²) in [5.41, 5.74) is -3.30. The van der Waals surface area contributed by atoms with Gasteiger partial charge in [-0.25, -0.2) is 0 Å². The lowest BCUT2D eigenvalue weighted by Gasteiger charge is -2.49. The van der Waals surface area contributed by atoms with Gasteiger partial charge in [0.25, 0.3) is 5.54 Å². The van der Waals surface area contributed by atoms with E-state index in [9.17, 15) is 20.2 Å². The van der Waals surface area contributed by atoms with E-state index in [1.54, 1.807) is 20.8 Å². The zero-order valence-electron chi connectivity index (χ0n) is 17.8. The average molecular weight is 466 g/mol. The van der Waals surface area contributed by atoms with Crippen molar-refractivity contribution in [3.8, 4) is 0 Å². The van der Waals surface area contributed by atoms with Crippen LogP contribution in [0.3, 0.4) is 0 Å². The molecule has 1 rings (SSSR count). The zero-order valence-corrected chi connectivity index (χ0v) is 19.5. The van der Waals surface area contributed by atoms with E-state index in [-0.39, 0.29) is 48.4 Å². The molecule has 3 N–H and O–H groups in total. The second-order valence-electron chi connectivity index (χ2n) is 8.95. The van der Waals surface area contributed by atoms with Crippen molar-refractivity contribution in [1.82, 2.24) is 4.90 Å². The smallest absolute Gasteiger partial charge is 0.269 e. The van der Waals surface area contributed by atoms with Crippen LogP contribution in [0.2, 0.25) is 0 Å². The highest BCUT2D eigenvalue weighted by molar-refractivity contribution is 5.85. The standard InChI is InChI=1S/C8H17N2O4.C8H16N2O3.2ClH/c1-7(2,3)9-4-8(5-11,6-12)10(13)14;1-7(2,3)9-4-8(5-9,6-11)10(12)13;;/h11-12H,4-6H2,1-3H3;11H,4-6H2,1-3H3;2*1H/q-1;;;. The maximum atomic E-state index is 10.6. The van der Waals surface area contributed by atoms with E-state index in [1.807, 2.05) is 25.7 Å². The van der Waals surface area contributed by atoms with Crippen molar-refractivity contribution < 1.29 is 25.2 Å². The average Bonchev–Trinajstić information content (AvgIpc) is 2.46. The van der Waals surface area contributed by atoms with Gasteiger partial charge < -0.3 is 20.6 Å². The van der Waals surface area contributed by atoms with Crippen LogP contribution in [0.15, 0.2) is 0 Å². The SMILES string of the molecule is CC(C)(C)N1CC(CO)([N+](=O)[O-])C1.CC(C)(C)[N-]CC(CO)(CO)[N+](=O)[O-].Cl.Cl. The van der Waals surface area contributed by atoms with Crippen LogP contribution < -0.4 is 0 Å². The molecule has 1 saturated heterocycles. The summed E-state index contributed by atoms with van der Waals surface area (Å²) >= 11 is 0. The Bertz CT molecular complexity index is 514. The van der Waals surface area contributed by atoms with Gasteiger partial charge >= 0.3 is 0 Å². The number of likely N-dealkylation sites (tertiary alicyclic amines) is 1. The van der Waals surface area contributed by atoms with E-state index in [1.165, 1.54) is 0 Å². The minimum atomic E-state index is -1.74. The van der Waals surface area contributed by atoms with E-state index in [4.69, 9.17) is 15.3 Å². The first-order valence-electron chi connectivity index (χ1n) is 8.64. The van der Waals surface area contributed by atoms with Crippen molar-refractivity contribution in [2.24, 2.45) is 0 Å². The molecule has 0 atom stereocenters. The number of rotatable bonds is 7. The van der Waals surface area contributed by atoms with Crippen molar-refractivity contribution >= 4 is 24.8 Å². The molecule has 0 aromatic carbocycles. The fraction of sp³-hybridized carbons (Fsp3) is 1.00. The summed E-state index contributed by atoms with van der Waals surface area (Å²) in [5, 5.41) is 52.0. The van der Waals surface area contributed by atoms with E-state index < -0.39 is 34.8 Å². The third kappa shape index (κ3) is 9.24. The van der Waals surface area contributed by atoms with E-state index in [0.717, 1.165) is 0 Å². The Morgan fingerprint density at radius 3 is 1.59 bits per heavy atom. The number of nitro groups is 2. The molecule has 29 heavy (non-hydrogen) atoms. The second kappa shape index (κ2) is 12.1. The number of hydrogen-bond donors (Lipinski definition) is 3. The summed E-state index contributed by atoms with van der Waals surface area (Å²) in [6.45, 7) is 10.1. The first-order valence-corrected chi connectivity index (χ1v) is 8.64. The Hall–Kier alpha value is -0.820. The molecule has 1 aliphatic rings. The minimum absolute atomic E-state index is 0. The van der Waals surface area contributed by atoms with Crippen LogP contribution in [0, 0.1) is 20.2 Å². The van der Waals surface area contributed by atoms with Crippen LogP contribution in [-0.4, -0.2) is 91.7 Å². The molecule has 0 saturated carbocycles. The van der Waals surface area contributed by atoms with Crippen LogP contribution in [0.4, 0.5) is 0 Å². The topological polar surface area (TPSA) is 164 Å². The number of halogens is 2. The predicted octanol–water partition coefficient (Wildman–Crippen LogP) is 1.11. The van der Waals surface area contributed by atoms with Gasteiger partial charge in [-0.05, 0) is 20.8 Å². The van der Waals surface area contributed by atoms with Crippen LogP contribution in [0.1, 0.15) is 41.5 Å². The molecular formula is C16H35Cl2N4O7-. The monoisotopic (exact) mass is 465 g/mol. The van der Waals surface area contributed by atoms with E-state index in [0.29, 0.717) is 13.1 Å². The lowest BCUT2D eigenvalue weighted by Crippen LogP contribution is -2.71. The summed E-state index contributed by atoms with van der Waals surface area (Å²) in [6, 6.07) is 0. The highest BCUT2D eigenvalue weighted by atomic mass is 35.5. The third-order valence-corrected chi connectivity index (χ3v) is 4.42. The number of nitrogens with zero attached hydrogens (tertiary/aromatic N) is 4. The summed E-state index contributed by atoms with van der Waals surface area (Å²) in [4.78, 5) is 22.2. The fourth-order valence-electron chi connectivity index (χ4n) is 2.12. The number of aliphatic hydroxyl groups excluding tert-OH is 3. The van der Waals surface area contributed by atoms with Gasteiger partial charge in [-0.3, -0.25) is 25.1 Å². The normalized spacial score (nSPS) is 16.3. The molecule has 13 heteroatoms. The Kier molecular flexibility index (Phi) is 13.7. The van der Waals surface area contributed by atoms with Crippen LogP contribution in [0.5, 0.6) is 0 Å². The maximum Gasteiger partial charge on any atom is 0.269 e. The van der Waals surface area contributed by atoms with Gasteiger partial charge in [0.15, 0.2) is 0 Å². The molecule has 0 amide bonds. The summed E-state index contributed by atoms with van der Waals surface area (Å²) < 4.78 is 0. The van der Waals surface area contributed by atoms with Crippen molar-refractivity contribution in [2.45, 2.75) is 63.7 Å². The Morgan fingerprint density at radius 2 is 1.38 bits per heavy atom. The van der Waals surface area contributed by atoms with Crippen LogP contribution in [0.25, 0.3) is 5.32 Å². The molecule has 0 spiro atoms. The molecule has 0 unspecified atom stereocenters. The molecule has 1 fully saturated rings. The highest BCUT2D eigenvalue weighted by Gasteiger charge is 2.56. The molecule has 0 aromatic heterocycles. The molecule has 11 nitrogen and oxygen atoms in total. The van der Waals surface area contributed by atoms with Gasteiger partial charge in [0.1, 0.15) is 19.8 Å². The second-order valence-corrected chi connectivity index (χ2v) is 8.95. The van der Waals surface area contributed by atoms with Crippen molar-refractivity contribution in [3.05, 3.63) is 25.5 Å². The Morgan fingerprint density at radius 1 is 0.966 bits per heavy atom. The van der Waals surface area contributed by atoms with Crippen molar-refractivity contribution in [2.75, 3.05) is 39.5 Å². The number of aliphatic hydroxyl groups is 3. The highest BCUT2D eigenvalue weighted by Crippen LogP contribution is 2.30. The predicted molar refractivity (Wildman–Crippen MR) is 115 cm³/mol. The number of hydrogen-bond acceptors (Lipinski definition) is 8. The molecule has 176 valence electrons. The fourth-order valence-corrected chi connectivity index (χ4v) is 2.12. The minimum Gasteiger partial charge on any atom is -0.651 e. The molecular weight excluding hydrogens is 431 g/mol. The molecule has 0 aromatic rings. The first kappa shape index (κ1) is 32.8. The van der Waals surface area contributed by atoms with Gasteiger partial charge in [-0.1, -0.05) is 27.3 Å². The van der Waals surface area contributed by atoms with Gasteiger partial charge in [0.2, 0.25) is 5.54 Å². The lowest BCUT2D eigenvalue weighted by molar-refractivity contribution is -0.594. The summed E-state index contributed by atoms with van der Waals surface area (Å²) in [7, 11) is 0. The van der Waals surface area contributed by atoms with Gasteiger partial charge in [0, 0.05) is 15.4 Å². The van der Waals surface area contributed by atoms with Crippen LogP contribution >= 0.6 is 24.8 Å². The molecule has 0 bridgehead atoms. The molecule has 1 aliphatic heterocycles. The van der Waals surface area contributed by atoms with Gasteiger partial charge in [0.05, 0.1) is 13.1 Å². The third-order valence-electron chi connectivity index (χ3n) is 4.42. The van der Waals surface area contributed by atoms with Gasteiger partial charge in [-0.15, -0.1) is 30.4 Å². The van der Waals surface area contributed by atoms with Crippen molar-refractivity contribution in [1.29, 1.82) is 0 Å². The maximum absolute atomic E-state index is 10.6. The molecule has 1 heterocycles. The Balaban J connectivity index is -0.000000437. The zero-order chi connectivity index (χ0) is 21.7. The van der Waals surface area contributed by atoms with Crippen molar-refractivity contribution in [3.63, 3.8) is 0 Å². The molecule has 0 radical (unpaired) electrons. The molecule has 0 aliphatic carbocycles. The summed E-state index contributed by atoms with van der Waals surface area (Å²) in [6.07, 6.45) is 0. The quantitative estimate of drug-likeness (QED) is 0.371. The largest absolute Gasteiger partial charge is 0.651 e. The Labute approximate surface area is 184 Å². The van der Waals surface area contributed by atoms with Crippen LogP contribution in [-0.2, 0) is 0 Å². The van der Waals surface area contributed by atoms with E-state index >= 15 is 0 Å². The lowest BCUT2D eigenvalue weighted by atomic mass is 9.86.